The van der Waals surface area contributed by atoms with Crippen LogP contribution in [0.1, 0.15) is 24.5 Å². The van der Waals surface area contributed by atoms with Crippen LogP contribution >= 0.6 is 0 Å². The number of hydrogen-bond acceptors (Lipinski definition) is 5. The number of nitrogens with one attached hydrogen (secondary N) is 1. The highest BCUT2D eigenvalue weighted by Crippen LogP contribution is 2.21. The second-order valence-electron chi connectivity index (χ2n) is 8.60. The van der Waals surface area contributed by atoms with Crippen molar-refractivity contribution >= 4 is 23.2 Å². The third kappa shape index (κ3) is 6.67. The number of morpholine rings is 1. The Kier molecular flexibility index (Phi) is 8.46. The van der Waals surface area contributed by atoms with Gasteiger partial charge in [0, 0.05) is 43.4 Å². The van der Waals surface area contributed by atoms with Gasteiger partial charge in [-0.1, -0.05) is 43.3 Å². The van der Waals surface area contributed by atoms with Crippen molar-refractivity contribution in [2.45, 2.75) is 32.4 Å². The maximum Gasteiger partial charge on any atom is 0.247 e. The highest BCUT2D eigenvalue weighted by Gasteiger charge is 2.29. The highest BCUT2D eigenvalue weighted by molar-refractivity contribution is 5.97. The standard InChI is InChI=1S/C28H32N4O3/c1-2-26(28(34)30-24-10-12-25(13-11-24)31-15-17-35-18-16-31)32(21-23-9-6-14-29-20-23)27(33)19-22-7-4-3-5-8-22/h3-14,20,26H,2,15-19,21H2,1H3,(H,30,34). The Labute approximate surface area is 206 Å². The monoisotopic (exact) mass is 472 g/mol. The van der Waals surface area contributed by atoms with E-state index < -0.39 is 6.04 Å². The molecule has 1 aliphatic rings. The van der Waals surface area contributed by atoms with Crippen LogP contribution in [0, 0.1) is 0 Å². The van der Waals surface area contributed by atoms with Gasteiger partial charge >= 0.3 is 0 Å². The highest BCUT2D eigenvalue weighted by atomic mass is 16.5. The fourth-order valence-corrected chi connectivity index (χ4v) is 4.28. The maximum absolute atomic E-state index is 13.4. The van der Waals surface area contributed by atoms with Crippen molar-refractivity contribution in [2.75, 3.05) is 36.5 Å². The summed E-state index contributed by atoms with van der Waals surface area (Å²) in [6.07, 6.45) is 4.17. The maximum atomic E-state index is 13.4. The normalized spacial score (nSPS) is 14.3. The number of pyridine rings is 1. The zero-order valence-corrected chi connectivity index (χ0v) is 20.1. The molecular weight excluding hydrogens is 440 g/mol. The Hall–Kier alpha value is -3.71. The Morgan fingerprint density at radius 1 is 1.00 bits per heavy atom. The molecule has 3 aromatic rings. The first-order chi connectivity index (χ1) is 17.1. The van der Waals surface area contributed by atoms with Crippen LogP contribution in [-0.4, -0.2) is 54.0 Å². The molecule has 1 fully saturated rings. The first-order valence-corrected chi connectivity index (χ1v) is 12.1. The molecule has 0 radical (unpaired) electrons. The summed E-state index contributed by atoms with van der Waals surface area (Å²) in [5, 5.41) is 3.02. The number of amides is 2. The molecule has 4 rings (SSSR count). The molecule has 1 aromatic heterocycles. The lowest BCUT2D eigenvalue weighted by molar-refractivity contribution is -0.139. The van der Waals surface area contributed by atoms with Crippen molar-refractivity contribution in [3.05, 3.63) is 90.3 Å². The first kappa shape index (κ1) is 24.4. The average molecular weight is 473 g/mol. The van der Waals surface area contributed by atoms with Crippen molar-refractivity contribution < 1.29 is 14.3 Å². The lowest BCUT2D eigenvalue weighted by Crippen LogP contribution is -2.47. The predicted octanol–water partition coefficient (Wildman–Crippen LogP) is 3.91. The Balaban J connectivity index is 1.49. The van der Waals surface area contributed by atoms with Gasteiger partial charge < -0.3 is 19.9 Å². The van der Waals surface area contributed by atoms with E-state index in [9.17, 15) is 9.59 Å². The number of carbonyl (C=O) groups is 2. The number of benzene rings is 2. The summed E-state index contributed by atoms with van der Waals surface area (Å²) in [7, 11) is 0. The molecule has 2 heterocycles. The summed E-state index contributed by atoms with van der Waals surface area (Å²) in [5.41, 5.74) is 3.62. The zero-order valence-electron chi connectivity index (χ0n) is 20.1. The van der Waals surface area contributed by atoms with Gasteiger partial charge in [0.15, 0.2) is 0 Å². The van der Waals surface area contributed by atoms with Crippen LogP contribution in [0.4, 0.5) is 11.4 Å². The summed E-state index contributed by atoms with van der Waals surface area (Å²) in [6, 6.07) is 20.6. The molecule has 0 saturated carbocycles. The van der Waals surface area contributed by atoms with E-state index in [2.05, 4.69) is 15.2 Å². The Morgan fingerprint density at radius 3 is 2.37 bits per heavy atom. The Bertz CT molecular complexity index is 1080. The van der Waals surface area contributed by atoms with Crippen LogP contribution in [0.25, 0.3) is 0 Å². The summed E-state index contributed by atoms with van der Waals surface area (Å²) >= 11 is 0. The van der Waals surface area contributed by atoms with Gasteiger partial charge in [0.05, 0.1) is 19.6 Å². The summed E-state index contributed by atoms with van der Waals surface area (Å²) < 4.78 is 5.42. The summed E-state index contributed by atoms with van der Waals surface area (Å²) in [5.74, 6) is -0.290. The number of hydrogen-bond donors (Lipinski definition) is 1. The molecule has 7 heteroatoms. The third-order valence-electron chi connectivity index (χ3n) is 6.17. The topological polar surface area (TPSA) is 74.8 Å². The molecule has 0 spiro atoms. The van der Waals surface area contributed by atoms with E-state index in [1.54, 1.807) is 17.3 Å². The van der Waals surface area contributed by atoms with E-state index in [1.165, 1.54) is 0 Å². The van der Waals surface area contributed by atoms with E-state index in [0.29, 0.717) is 18.7 Å². The van der Waals surface area contributed by atoms with Crippen molar-refractivity contribution in [1.29, 1.82) is 0 Å². The van der Waals surface area contributed by atoms with E-state index in [1.807, 2.05) is 73.7 Å². The van der Waals surface area contributed by atoms with Gasteiger partial charge in [-0.2, -0.15) is 0 Å². The van der Waals surface area contributed by atoms with Crippen LogP contribution < -0.4 is 10.2 Å². The van der Waals surface area contributed by atoms with Crippen molar-refractivity contribution in [3.8, 4) is 0 Å². The molecule has 0 aliphatic carbocycles. The molecule has 1 unspecified atom stereocenters. The molecule has 35 heavy (non-hydrogen) atoms. The van der Waals surface area contributed by atoms with Crippen molar-refractivity contribution in [1.82, 2.24) is 9.88 Å². The smallest absolute Gasteiger partial charge is 0.247 e. The summed E-state index contributed by atoms with van der Waals surface area (Å²) in [4.78, 5) is 34.9. The minimum Gasteiger partial charge on any atom is -0.378 e. The van der Waals surface area contributed by atoms with Crippen molar-refractivity contribution in [3.63, 3.8) is 0 Å². The SMILES string of the molecule is CCC(C(=O)Nc1ccc(N2CCOCC2)cc1)N(Cc1cccnc1)C(=O)Cc1ccccc1. The minimum absolute atomic E-state index is 0.0929. The van der Waals surface area contributed by atoms with Gasteiger partial charge in [-0.15, -0.1) is 0 Å². The molecule has 2 aromatic carbocycles. The van der Waals surface area contributed by atoms with Gasteiger partial charge in [0.2, 0.25) is 11.8 Å². The third-order valence-corrected chi connectivity index (χ3v) is 6.17. The fraction of sp³-hybridized carbons (Fsp3) is 0.321. The summed E-state index contributed by atoms with van der Waals surface area (Å²) in [6.45, 7) is 5.41. The van der Waals surface area contributed by atoms with Gasteiger partial charge in [0.25, 0.3) is 0 Å². The van der Waals surface area contributed by atoms with Crippen LogP contribution in [-0.2, 0) is 27.3 Å². The number of aromatic nitrogens is 1. The molecule has 1 saturated heterocycles. The predicted molar refractivity (Wildman–Crippen MR) is 137 cm³/mol. The second-order valence-corrected chi connectivity index (χ2v) is 8.60. The van der Waals surface area contributed by atoms with E-state index in [0.717, 1.165) is 43.1 Å². The molecule has 1 N–H and O–H groups in total. The molecule has 0 bridgehead atoms. The largest absolute Gasteiger partial charge is 0.378 e. The van der Waals surface area contributed by atoms with Crippen LogP contribution in [0.3, 0.4) is 0 Å². The quantitative estimate of drug-likeness (QED) is 0.511. The van der Waals surface area contributed by atoms with Gasteiger partial charge in [-0.3, -0.25) is 14.6 Å². The zero-order chi connectivity index (χ0) is 24.5. The van der Waals surface area contributed by atoms with Gasteiger partial charge in [-0.25, -0.2) is 0 Å². The second kappa shape index (κ2) is 12.1. The van der Waals surface area contributed by atoms with Crippen LogP contribution in [0.15, 0.2) is 79.1 Å². The van der Waals surface area contributed by atoms with E-state index in [4.69, 9.17) is 4.74 Å². The van der Waals surface area contributed by atoms with E-state index in [-0.39, 0.29) is 18.2 Å². The Morgan fingerprint density at radius 2 is 1.71 bits per heavy atom. The van der Waals surface area contributed by atoms with Crippen LogP contribution in [0.2, 0.25) is 0 Å². The molecule has 1 atom stereocenters. The number of anilines is 2. The lowest BCUT2D eigenvalue weighted by atomic mass is 10.1. The van der Waals surface area contributed by atoms with Crippen LogP contribution in [0.5, 0.6) is 0 Å². The first-order valence-electron chi connectivity index (χ1n) is 12.1. The number of rotatable bonds is 9. The van der Waals surface area contributed by atoms with Gasteiger partial charge in [0.1, 0.15) is 6.04 Å². The fourth-order valence-electron chi connectivity index (χ4n) is 4.28. The van der Waals surface area contributed by atoms with Crippen molar-refractivity contribution in [2.24, 2.45) is 0 Å². The number of nitrogens with zero attached hydrogens (tertiary/aromatic N) is 3. The average Bonchev–Trinajstić information content (AvgIpc) is 2.90. The molecule has 7 nitrogen and oxygen atoms in total. The molecule has 182 valence electrons. The lowest BCUT2D eigenvalue weighted by Gasteiger charge is -2.31. The number of ether oxygens (including phenoxy) is 1. The molecule has 2 amide bonds. The number of carbonyl (C=O) groups excluding carboxylic acids is 2. The van der Waals surface area contributed by atoms with E-state index >= 15 is 0 Å². The minimum atomic E-state index is -0.606. The molecular formula is C28H32N4O3. The molecule has 1 aliphatic heterocycles. The van der Waals surface area contributed by atoms with Gasteiger partial charge in [-0.05, 0) is 47.9 Å².